The molecule has 5 aliphatic rings. The lowest BCUT2D eigenvalue weighted by atomic mass is 9.33. The molecule has 0 radical (unpaired) electrons. The van der Waals surface area contributed by atoms with Gasteiger partial charge in [0.1, 0.15) is 11.9 Å². The van der Waals surface area contributed by atoms with E-state index >= 15 is 0 Å². The number of aliphatic hydroxyl groups excluding tert-OH is 2. The van der Waals surface area contributed by atoms with Crippen LogP contribution in [0.15, 0.2) is 42.0 Å². The molecule has 46 heavy (non-hydrogen) atoms. The van der Waals surface area contributed by atoms with Gasteiger partial charge in [0.2, 0.25) is 0 Å². The van der Waals surface area contributed by atoms with Gasteiger partial charge in [-0.05, 0) is 121 Å². The molecule has 0 amide bonds. The smallest absolute Gasteiger partial charge is 0.331 e. The van der Waals surface area contributed by atoms with Crippen molar-refractivity contribution in [1.82, 2.24) is 0 Å². The molecule has 0 aliphatic heterocycles. The number of benzene rings is 1. The number of hydrogen-bond acceptors (Lipinski definition) is 6. The molecule has 7 heteroatoms. The van der Waals surface area contributed by atoms with E-state index in [0.717, 1.165) is 44.1 Å². The molecule has 6 rings (SSSR count). The van der Waals surface area contributed by atoms with Gasteiger partial charge >= 0.3 is 11.9 Å². The predicted molar refractivity (Wildman–Crippen MR) is 176 cm³/mol. The van der Waals surface area contributed by atoms with Crippen molar-refractivity contribution in [2.24, 2.45) is 56.7 Å². The van der Waals surface area contributed by atoms with Crippen LogP contribution < -0.4 is 0 Å². The Hall–Kier alpha value is -2.64. The van der Waals surface area contributed by atoms with Gasteiger partial charge in [-0.3, -0.25) is 4.79 Å². The van der Waals surface area contributed by atoms with Crippen LogP contribution in [0.2, 0.25) is 0 Å². The number of aliphatic hydroxyl groups is 2. The van der Waals surface area contributed by atoms with E-state index in [4.69, 9.17) is 4.74 Å². The van der Waals surface area contributed by atoms with Crippen LogP contribution in [-0.2, 0) is 14.3 Å². The summed E-state index contributed by atoms with van der Waals surface area (Å²) in [4.78, 5) is 26.0. The van der Waals surface area contributed by atoms with E-state index in [1.807, 2.05) is 6.92 Å². The van der Waals surface area contributed by atoms with Crippen LogP contribution in [0.4, 0.5) is 0 Å². The van der Waals surface area contributed by atoms with Crippen LogP contribution in [0, 0.1) is 56.7 Å². The fourth-order valence-corrected chi connectivity index (χ4v) is 12.1. The molecule has 4 saturated carbocycles. The third kappa shape index (κ3) is 4.57. The van der Waals surface area contributed by atoms with Gasteiger partial charge in [-0.25, -0.2) is 4.79 Å². The summed E-state index contributed by atoms with van der Waals surface area (Å²) in [6, 6.07) is 6.49. The SMILES string of the molecule is C[C@H]1[C@H](C)CC[C@]2(C(=O)O)CC[C@]3(C)C(=CC[C@@H]4[C@@]5(C)C[C@@H](O)[C@@H](OC(=O)C=Cc6ccc(O)cc6)[C@@](C)(CO)[C@@H]5CC[C@]43C)[C@H]12. The highest BCUT2D eigenvalue weighted by molar-refractivity contribution is 5.87. The molecule has 1 aromatic carbocycles. The van der Waals surface area contributed by atoms with Gasteiger partial charge in [0, 0.05) is 11.5 Å². The second-order valence-electron chi connectivity index (χ2n) is 16.8. The number of aromatic hydroxyl groups is 1. The Morgan fingerprint density at radius 1 is 0.978 bits per heavy atom. The van der Waals surface area contributed by atoms with Crippen molar-refractivity contribution in [2.45, 2.75) is 105 Å². The number of aliphatic carboxylic acids is 1. The van der Waals surface area contributed by atoms with Gasteiger partial charge in [-0.1, -0.05) is 65.3 Å². The number of rotatable bonds is 5. The van der Waals surface area contributed by atoms with Gasteiger partial charge in [0.05, 0.1) is 18.1 Å². The van der Waals surface area contributed by atoms with Crippen LogP contribution in [-0.4, -0.2) is 51.2 Å². The van der Waals surface area contributed by atoms with Crippen molar-refractivity contribution < 1.29 is 34.8 Å². The molecule has 4 N–H and O–H groups in total. The minimum absolute atomic E-state index is 0.0271. The van der Waals surface area contributed by atoms with E-state index in [1.165, 1.54) is 11.6 Å². The summed E-state index contributed by atoms with van der Waals surface area (Å²) in [5.41, 5.74) is 0.0232. The first-order valence-corrected chi connectivity index (χ1v) is 17.5. The fraction of sp³-hybridized carbons (Fsp3) is 0.692. The summed E-state index contributed by atoms with van der Waals surface area (Å²) in [6.45, 7) is 13.5. The Morgan fingerprint density at radius 2 is 1.67 bits per heavy atom. The molecular formula is C39H54O7. The van der Waals surface area contributed by atoms with Crippen LogP contribution in [0.25, 0.3) is 6.08 Å². The highest BCUT2D eigenvalue weighted by Crippen LogP contribution is 2.75. The maximum absolute atomic E-state index is 13.1. The molecule has 0 saturated heterocycles. The van der Waals surface area contributed by atoms with E-state index < -0.39 is 35.0 Å². The van der Waals surface area contributed by atoms with Gasteiger partial charge in [0.25, 0.3) is 0 Å². The Balaban J connectivity index is 1.32. The number of carbonyl (C=O) groups is 2. The van der Waals surface area contributed by atoms with E-state index in [9.17, 15) is 30.0 Å². The molecular weight excluding hydrogens is 580 g/mol. The maximum Gasteiger partial charge on any atom is 0.331 e. The van der Waals surface area contributed by atoms with Crippen molar-refractivity contribution in [1.29, 1.82) is 0 Å². The molecule has 12 atom stereocenters. The van der Waals surface area contributed by atoms with E-state index in [2.05, 4.69) is 40.7 Å². The molecule has 0 spiro atoms. The van der Waals surface area contributed by atoms with Crippen LogP contribution in [0.1, 0.15) is 98.5 Å². The second kappa shape index (κ2) is 11.2. The maximum atomic E-state index is 13.1. The summed E-state index contributed by atoms with van der Waals surface area (Å²) >= 11 is 0. The lowest BCUT2D eigenvalue weighted by Crippen LogP contribution is -2.68. The summed E-state index contributed by atoms with van der Waals surface area (Å²) in [6.07, 6.45) is 9.93. The molecule has 0 unspecified atom stereocenters. The summed E-state index contributed by atoms with van der Waals surface area (Å²) in [7, 11) is 0. The molecule has 1 aromatic rings. The normalized spacial score (nSPS) is 46.7. The molecule has 0 aromatic heterocycles. The first-order chi connectivity index (χ1) is 21.6. The Morgan fingerprint density at radius 3 is 2.33 bits per heavy atom. The number of carbonyl (C=O) groups excluding carboxylic acids is 1. The zero-order chi connectivity index (χ0) is 33.4. The lowest BCUT2D eigenvalue weighted by molar-refractivity contribution is -0.249. The summed E-state index contributed by atoms with van der Waals surface area (Å²) < 4.78 is 5.98. The second-order valence-corrected chi connectivity index (χ2v) is 16.8. The monoisotopic (exact) mass is 634 g/mol. The minimum Gasteiger partial charge on any atom is -0.508 e. The number of allylic oxidation sites excluding steroid dienone is 2. The molecule has 252 valence electrons. The summed E-state index contributed by atoms with van der Waals surface area (Å²) in [5.74, 6) is 0.0165. The number of ether oxygens (including phenoxy) is 1. The summed E-state index contributed by atoms with van der Waals surface area (Å²) in [5, 5.41) is 43.0. The highest BCUT2D eigenvalue weighted by atomic mass is 16.6. The first kappa shape index (κ1) is 33.3. The Bertz CT molecular complexity index is 1430. The van der Waals surface area contributed by atoms with Crippen molar-refractivity contribution in [2.75, 3.05) is 6.61 Å². The van der Waals surface area contributed by atoms with Crippen molar-refractivity contribution in [3.8, 4) is 5.75 Å². The van der Waals surface area contributed by atoms with Crippen LogP contribution in [0.5, 0.6) is 5.75 Å². The van der Waals surface area contributed by atoms with Gasteiger partial charge in [-0.2, -0.15) is 0 Å². The average molecular weight is 635 g/mol. The molecule has 7 nitrogen and oxygen atoms in total. The van der Waals surface area contributed by atoms with Crippen molar-refractivity contribution in [3.05, 3.63) is 47.6 Å². The van der Waals surface area contributed by atoms with Gasteiger partial charge in [0.15, 0.2) is 0 Å². The number of carboxylic acid groups (broad SMARTS) is 1. The number of phenolic OH excluding ortho intramolecular Hbond substituents is 1. The zero-order valence-electron chi connectivity index (χ0n) is 28.5. The highest BCUT2D eigenvalue weighted by Gasteiger charge is 2.71. The quantitative estimate of drug-likeness (QED) is 0.156. The average Bonchev–Trinajstić information content (AvgIpc) is 3.00. The van der Waals surface area contributed by atoms with Crippen LogP contribution >= 0.6 is 0 Å². The largest absolute Gasteiger partial charge is 0.508 e. The first-order valence-electron chi connectivity index (χ1n) is 17.5. The Kier molecular flexibility index (Phi) is 8.12. The van der Waals surface area contributed by atoms with E-state index in [-0.39, 0.29) is 46.4 Å². The van der Waals surface area contributed by atoms with E-state index in [0.29, 0.717) is 24.7 Å². The zero-order valence-corrected chi connectivity index (χ0v) is 28.5. The molecule has 0 heterocycles. The number of carboxylic acids is 1. The minimum atomic E-state index is -0.935. The van der Waals surface area contributed by atoms with E-state index in [1.54, 1.807) is 30.3 Å². The molecule has 4 fully saturated rings. The van der Waals surface area contributed by atoms with Gasteiger partial charge < -0.3 is 25.2 Å². The number of hydrogen-bond donors (Lipinski definition) is 4. The van der Waals surface area contributed by atoms with Crippen molar-refractivity contribution >= 4 is 18.0 Å². The van der Waals surface area contributed by atoms with Crippen molar-refractivity contribution in [3.63, 3.8) is 0 Å². The van der Waals surface area contributed by atoms with Crippen LogP contribution in [0.3, 0.4) is 0 Å². The number of phenols is 1. The molecule has 0 bridgehead atoms. The number of fused-ring (bicyclic) bond motifs is 7. The topological polar surface area (TPSA) is 124 Å². The fourth-order valence-electron chi connectivity index (χ4n) is 12.1. The molecule has 5 aliphatic carbocycles. The third-order valence-corrected chi connectivity index (χ3v) is 15.0. The Labute approximate surface area is 274 Å². The lowest BCUT2D eigenvalue weighted by Gasteiger charge is -2.71. The number of esters is 1. The third-order valence-electron chi connectivity index (χ3n) is 15.0. The van der Waals surface area contributed by atoms with Gasteiger partial charge in [-0.15, -0.1) is 0 Å². The predicted octanol–water partition coefficient (Wildman–Crippen LogP) is 7.00. The standard InChI is InChI=1S/C39H54O7/c1-23-15-18-39(34(44)45)20-19-37(5)27(32(39)24(23)2)12-13-30-35(3)21-28(42)33(36(4,22-40)29(35)16-17-38(30,37)6)46-31(43)14-9-25-7-10-26(41)11-8-25/h7-12,14,23-24,28-30,32-33,40-42H,13,15-22H2,1-6H3,(H,44,45)/t23-,24+,28-,29-,30-,32+,33-,35+,36+,37-,38-,39+/m1/s1.